The fraction of sp³-hybridized carbons (Fsp3) is 0.522. The van der Waals surface area contributed by atoms with Gasteiger partial charge in [0.25, 0.3) is 5.91 Å². The first-order chi connectivity index (χ1) is 14.4. The zero-order valence-electron chi connectivity index (χ0n) is 17.3. The molecule has 5 rings (SSSR count). The molecule has 2 saturated heterocycles. The van der Waals surface area contributed by atoms with Gasteiger partial charge in [0.2, 0.25) is 5.91 Å². The highest BCUT2D eigenvalue weighted by Crippen LogP contribution is 2.49. The molecule has 1 aromatic heterocycles. The molecule has 0 bridgehead atoms. The van der Waals surface area contributed by atoms with Gasteiger partial charge in [0.1, 0.15) is 5.82 Å². The normalized spacial score (nSPS) is 26.6. The van der Waals surface area contributed by atoms with Gasteiger partial charge in [0.15, 0.2) is 0 Å². The van der Waals surface area contributed by atoms with E-state index < -0.39 is 11.2 Å². The Morgan fingerprint density at radius 3 is 2.87 bits per heavy atom. The summed E-state index contributed by atoms with van der Waals surface area (Å²) in [5.74, 6) is 0.140. The van der Waals surface area contributed by atoms with Crippen molar-refractivity contribution in [1.29, 1.82) is 0 Å². The largest absolute Gasteiger partial charge is 0.342 e. The maximum absolute atomic E-state index is 13.8. The van der Waals surface area contributed by atoms with Crippen LogP contribution in [-0.2, 0) is 11.8 Å². The summed E-state index contributed by atoms with van der Waals surface area (Å²) in [6, 6.07) is 5.50. The number of piperidine rings is 1. The molecule has 3 aliphatic rings. The summed E-state index contributed by atoms with van der Waals surface area (Å²) < 4.78 is 15.6. The van der Waals surface area contributed by atoms with E-state index in [2.05, 4.69) is 4.98 Å². The number of likely N-dealkylation sites (tertiary alicyclic amines) is 2. The van der Waals surface area contributed by atoms with Crippen LogP contribution in [0.4, 0.5) is 4.39 Å². The van der Waals surface area contributed by atoms with Crippen LogP contribution >= 0.6 is 0 Å². The number of halogens is 1. The van der Waals surface area contributed by atoms with E-state index >= 15 is 0 Å². The van der Waals surface area contributed by atoms with Gasteiger partial charge in [-0.2, -0.15) is 0 Å². The van der Waals surface area contributed by atoms with Gasteiger partial charge in [-0.25, -0.2) is 9.37 Å². The molecule has 1 saturated carbocycles. The minimum absolute atomic E-state index is 0.177. The Balaban J connectivity index is 1.48. The summed E-state index contributed by atoms with van der Waals surface area (Å²) in [6.07, 6.45) is 8.34. The molecule has 3 heterocycles. The van der Waals surface area contributed by atoms with E-state index in [4.69, 9.17) is 0 Å². The van der Waals surface area contributed by atoms with Crippen molar-refractivity contribution < 1.29 is 14.0 Å². The number of benzene rings is 1. The van der Waals surface area contributed by atoms with Crippen LogP contribution in [-0.4, -0.2) is 50.8 Å². The Morgan fingerprint density at radius 2 is 2.17 bits per heavy atom. The molecule has 2 amide bonds. The number of hydrogen-bond acceptors (Lipinski definition) is 3. The zero-order valence-corrected chi connectivity index (χ0v) is 17.3. The molecule has 2 aromatic rings. The fourth-order valence-corrected chi connectivity index (χ4v) is 5.13. The van der Waals surface area contributed by atoms with Crippen molar-refractivity contribution >= 4 is 11.8 Å². The Bertz CT molecular complexity index is 985. The molecule has 1 aromatic carbocycles. The van der Waals surface area contributed by atoms with E-state index in [9.17, 15) is 14.0 Å². The first kappa shape index (κ1) is 19.3. The van der Waals surface area contributed by atoms with Crippen LogP contribution in [0, 0.1) is 17.2 Å². The van der Waals surface area contributed by atoms with Crippen molar-refractivity contribution in [2.75, 3.05) is 19.6 Å². The highest BCUT2D eigenvalue weighted by Gasteiger charge is 2.54. The monoisotopic (exact) mass is 410 g/mol. The highest BCUT2D eigenvalue weighted by atomic mass is 19.1. The van der Waals surface area contributed by atoms with Crippen LogP contribution in [0.2, 0.25) is 0 Å². The van der Waals surface area contributed by atoms with Crippen LogP contribution in [0.15, 0.2) is 36.8 Å². The van der Waals surface area contributed by atoms with Gasteiger partial charge in [-0.15, -0.1) is 0 Å². The van der Waals surface area contributed by atoms with Crippen molar-refractivity contribution in [3.8, 4) is 0 Å². The van der Waals surface area contributed by atoms with Crippen molar-refractivity contribution in [2.45, 2.75) is 38.1 Å². The quantitative estimate of drug-likeness (QED) is 0.778. The second-order valence-corrected chi connectivity index (χ2v) is 9.21. The number of hydrogen-bond donors (Lipinski definition) is 0. The Hall–Kier alpha value is -2.70. The summed E-state index contributed by atoms with van der Waals surface area (Å²) in [5.41, 5.74) is 0.524. The molecule has 2 atom stereocenters. The molecule has 1 spiro atoms. The first-order valence-corrected chi connectivity index (χ1v) is 10.8. The summed E-state index contributed by atoms with van der Waals surface area (Å²) in [4.78, 5) is 35.2. The summed E-state index contributed by atoms with van der Waals surface area (Å²) in [7, 11) is 1.89. The number of imidazole rings is 1. The number of rotatable bonds is 4. The molecule has 1 aliphatic carbocycles. The minimum atomic E-state index is -0.571. The molecular formula is C23H27FN4O2. The average molecular weight is 410 g/mol. The molecule has 3 fully saturated rings. The number of amides is 2. The van der Waals surface area contributed by atoms with Gasteiger partial charge < -0.3 is 14.4 Å². The molecule has 0 N–H and O–H groups in total. The van der Waals surface area contributed by atoms with E-state index in [-0.39, 0.29) is 17.9 Å². The van der Waals surface area contributed by atoms with Crippen LogP contribution in [0.5, 0.6) is 0 Å². The van der Waals surface area contributed by atoms with Gasteiger partial charge >= 0.3 is 0 Å². The third kappa shape index (κ3) is 3.40. The van der Waals surface area contributed by atoms with E-state index in [1.165, 1.54) is 25.0 Å². The highest BCUT2D eigenvalue weighted by molar-refractivity contribution is 5.96. The predicted octanol–water partition coefficient (Wildman–Crippen LogP) is 3.17. The number of carbonyl (C=O) groups excluding carboxylic acids is 2. The van der Waals surface area contributed by atoms with Gasteiger partial charge in [0.05, 0.1) is 23.5 Å². The molecule has 2 aliphatic heterocycles. The Kier molecular flexibility index (Phi) is 4.64. The third-order valence-electron chi connectivity index (χ3n) is 6.83. The second-order valence-electron chi connectivity index (χ2n) is 9.21. The zero-order chi connectivity index (χ0) is 20.9. The van der Waals surface area contributed by atoms with Crippen LogP contribution < -0.4 is 0 Å². The maximum atomic E-state index is 13.8. The lowest BCUT2D eigenvalue weighted by atomic mass is 9.76. The van der Waals surface area contributed by atoms with Crippen LogP contribution in [0.25, 0.3) is 0 Å². The van der Waals surface area contributed by atoms with E-state index in [1.54, 1.807) is 23.4 Å². The lowest BCUT2D eigenvalue weighted by Gasteiger charge is -2.39. The second kappa shape index (κ2) is 7.22. The van der Waals surface area contributed by atoms with E-state index in [0.717, 1.165) is 31.6 Å². The number of nitrogens with zero attached hydrogens (tertiary/aromatic N) is 4. The molecule has 6 nitrogen and oxygen atoms in total. The molecule has 158 valence electrons. The van der Waals surface area contributed by atoms with Crippen molar-refractivity contribution in [3.05, 3.63) is 53.9 Å². The van der Waals surface area contributed by atoms with Crippen molar-refractivity contribution in [1.82, 2.24) is 19.4 Å². The Labute approximate surface area is 175 Å². The summed E-state index contributed by atoms with van der Waals surface area (Å²) >= 11 is 0. The molecular weight excluding hydrogens is 383 g/mol. The lowest BCUT2D eigenvalue weighted by molar-refractivity contribution is -0.145. The standard InChI is InChI=1S/C23H27FN4O2/c1-26-13-19(25-15-26)20-11-23(8-3-9-27(22(23)30)12-16-6-7-16)14-28(20)21(29)17-4-2-5-18(24)10-17/h2,4-5,10,13,15-16,20H,3,6-9,11-12,14H2,1H3. The first-order valence-electron chi connectivity index (χ1n) is 10.8. The lowest BCUT2D eigenvalue weighted by Crippen LogP contribution is -2.50. The summed E-state index contributed by atoms with van der Waals surface area (Å²) in [5, 5.41) is 0. The molecule has 7 heteroatoms. The molecule has 30 heavy (non-hydrogen) atoms. The average Bonchev–Trinajstić information content (AvgIpc) is 3.31. The fourth-order valence-electron chi connectivity index (χ4n) is 5.13. The van der Waals surface area contributed by atoms with Crippen molar-refractivity contribution in [3.63, 3.8) is 0 Å². The molecule has 0 radical (unpaired) electrons. The predicted molar refractivity (Wildman–Crippen MR) is 109 cm³/mol. The smallest absolute Gasteiger partial charge is 0.254 e. The molecule has 2 unspecified atom stereocenters. The van der Waals surface area contributed by atoms with Gasteiger partial charge in [0, 0.05) is 38.4 Å². The van der Waals surface area contributed by atoms with Gasteiger partial charge in [-0.1, -0.05) is 6.07 Å². The van der Waals surface area contributed by atoms with Gasteiger partial charge in [-0.3, -0.25) is 9.59 Å². The number of aryl methyl sites for hydroxylation is 1. The van der Waals surface area contributed by atoms with E-state index in [0.29, 0.717) is 24.4 Å². The minimum Gasteiger partial charge on any atom is -0.342 e. The number of aromatic nitrogens is 2. The van der Waals surface area contributed by atoms with E-state index in [1.807, 2.05) is 22.7 Å². The van der Waals surface area contributed by atoms with Gasteiger partial charge in [-0.05, 0) is 56.2 Å². The van der Waals surface area contributed by atoms with Crippen LogP contribution in [0.1, 0.15) is 54.2 Å². The number of carbonyl (C=O) groups is 2. The SMILES string of the molecule is Cn1cnc(C2CC3(CCCN(CC4CC4)C3=O)CN2C(=O)c2cccc(F)c2)c1. The summed E-state index contributed by atoms with van der Waals surface area (Å²) in [6.45, 7) is 2.01. The third-order valence-corrected chi connectivity index (χ3v) is 6.83. The Morgan fingerprint density at radius 1 is 1.33 bits per heavy atom. The topological polar surface area (TPSA) is 58.4 Å². The van der Waals surface area contributed by atoms with Crippen molar-refractivity contribution in [2.24, 2.45) is 18.4 Å². The maximum Gasteiger partial charge on any atom is 0.254 e. The van der Waals surface area contributed by atoms with Crippen LogP contribution in [0.3, 0.4) is 0 Å².